The van der Waals surface area contributed by atoms with E-state index < -0.39 is 0 Å². The monoisotopic (exact) mass is 237 g/mol. The summed E-state index contributed by atoms with van der Waals surface area (Å²) in [7, 11) is 0. The summed E-state index contributed by atoms with van der Waals surface area (Å²) in [5, 5.41) is 2.16. The van der Waals surface area contributed by atoms with Crippen molar-refractivity contribution in [3.05, 3.63) is 22.4 Å². The summed E-state index contributed by atoms with van der Waals surface area (Å²) in [5.74, 6) is 0.943. The Labute approximate surface area is 103 Å². The van der Waals surface area contributed by atoms with Crippen LogP contribution in [0.1, 0.15) is 50.3 Å². The van der Waals surface area contributed by atoms with Gasteiger partial charge in [-0.05, 0) is 55.9 Å². The van der Waals surface area contributed by atoms with Gasteiger partial charge in [-0.2, -0.15) is 0 Å². The predicted molar refractivity (Wildman–Crippen MR) is 71.8 cm³/mol. The molecule has 1 aliphatic rings. The largest absolute Gasteiger partial charge is 0.325 e. The van der Waals surface area contributed by atoms with Crippen molar-refractivity contribution in [3.63, 3.8) is 0 Å². The van der Waals surface area contributed by atoms with Gasteiger partial charge < -0.3 is 5.73 Å². The molecule has 16 heavy (non-hydrogen) atoms. The van der Waals surface area contributed by atoms with E-state index in [4.69, 9.17) is 5.73 Å². The van der Waals surface area contributed by atoms with Gasteiger partial charge in [0.05, 0.1) is 0 Å². The molecule has 2 N–H and O–H groups in total. The van der Waals surface area contributed by atoms with E-state index in [1.165, 1.54) is 49.8 Å². The first-order valence-electron chi connectivity index (χ1n) is 6.53. The summed E-state index contributed by atoms with van der Waals surface area (Å²) < 4.78 is 0. The van der Waals surface area contributed by atoms with Crippen molar-refractivity contribution in [2.75, 3.05) is 0 Å². The smallest absolute Gasteiger partial charge is 0.0158 e. The summed E-state index contributed by atoms with van der Waals surface area (Å²) in [4.78, 5) is 1.49. The lowest BCUT2D eigenvalue weighted by atomic mass is 9.74. The molecule has 1 fully saturated rings. The van der Waals surface area contributed by atoms with Crippen LogP contribution in [0.25, 0.3) is 0 Å². The minimum Gasteiger partial charge on any atom is -0.325 e. The van der Waals surface area contributed by atoms with Gasteiger partial charge in [0.15, 0.2) is 0 Å². The zero-order valence-electron chi connectivity index (χ0n) is 10.2. The average molecular weight is 237 g/mol. The molecule has 0 amide bonds. The molecule has 0 radical (unpaired) electrons. The molecule has 0 aromatic carbocycles. The zero-order chi connectivity index (χ0) is 11.4. The van der Waals surface area contributed by atoms with E-state index in [1.807, 2.05) is 11.3 Å². The van der Waals surface area contributed by atoms with Gasteiger partial charge in [-0.1, -0.05) is 19.4 Å². The molecule has 1 aromatic heterocycles. The second-order valence-electron chi connectivity index (χ2n) is 5.29. The Balaban J connectivity index is 1.80. The molecule has 1 aliphatic carbocycles. The van der Waals surface area contributed by atoms with Crippen LogP contribution in [0.5, 0.6) is 0 Å². The first-order valence-corrected chi connectivity index (χ1v) is 7.41. The Kier molecular flexibility index (Phi) is 4.04. The van der Waals surface area contributed by atoms with Crippen LogP contribution in [0.4, 0.5) is 0 Å². The number of thiophene rings is 1. The van der Waals surface area contributed by atoms with Gasteiger partial charge in [-0.15, -0.1) is 11.3 Å². The normalized spacial score (nSPS) is 30.5. The molecular formula is C14H23NS. The Morgan fingerprint density at radius 2 is 2.19 bits per heavy atom. The SMILES string of the molecule is CCC1CCC(N)(CCc2cccs2)CC1. The summed E-state index contributed by atoms with van der Waals surface area (Å²) in [6.07, 6.45) is 8.83. The molecule has 2 rings (SSSR count). The van der Waals surface area contributed by atoms with Crippen LogP contribution in [0.15, 0.2) is 17.5 Å². The first kappa shape index (κ1) is 12.1. The van der Waals surface area contributed by atoms with Gasteiger partial charge >= 0.3 is 0 Å². The van der Waals surface area contributed by atoms with E-state index in [9.17, 15) is 0 Å². The third-order valence-corrected chi connectivity index (χ3v) is 5.06. The van der Waals surface area contributed by atoms with Gasteiger partial charge in [0, 0.05) is 10.4 Å². The highest BCUT2D eigenvalue weighted by Crippen LogP contribution is 2.35. The van der Waals surface area contributed by atoms with Crippen LogP contribution in [0.3, 0.4) is 0 Å². The minimum atomic E-state index is 0.135. The Hall–Kier alpha value is -0.340. The zero-order valence-corrected chi connectivity index (χ0v) is 11.1. The maximum absolute atomic E-state index is 6.50. The highest BCUT2D eigenvalue weighted by atomic mass is 32.1. The fraction of sp³-hybridized carbons (Fsp3) is 0.714. The third-order valence-electron chi connectivity index (χ3n) is 4.13. The molecule has 1 saturated carbocycles. The van der Waals surface area contributed by atoms with Crippen molar-refractivity contribution < 1.29 is 0 Å². The van der Waals surface area contributed by atoms with Crippen molar-refractivity contribution in [2.45, 2.75) is 57.4 Å². The van der Waals surface area contributed by atoms with Crippen molar-refractivity contribution in [2.24, 2.45) is 11.7 Å². The average Bonchev–Trinajstić information content (AvgIpc) is 2.81. The second-order valence-corrected chi connectivity index (χ2v) is 6.33. The fourth-order valence-corrected chi connectivity index (χ4v) is 3.45. The molecular weight excluding hydrogens is 214 g/mol. The number of hydrogen-bond donors (Lipinski definition) is 1. The summed E-state index contributed by atoms with van der Waals surface area (Å²) >= 11 is 1.86. The van der Waals surface area contributed by atoms with Crippen molar-refractivity contribution in [3.8, 4) is 0 Å². The summed E-state index contributed by atoms with van der Waals surface area (Å²) in [6.45, 7) is 2.31. The van der Waals surface area contributed by atoms with Crippen LogP contribution in [0, 0.1) is 5.92 Å². The first-order chi connectivity index (χ1) is 7.72. The van der Waals surface area contributed by atoms with Crippen molar-refractivity contribution in [1.29, 1.82) is 0 Å². The van der Waals surface area contributed by atoms with Gasteiger partial charge in [0.2, 0.25) is 0 Å². The van der Waals surface area contributed by atoms with Gasteiger partial charge in [0.25, 0.3) is 0 Å². The second kappa shape index (κ2) is 5.33. The predicted octanol–water partition coefficient (Wildman–Crippen LogP) is 3.98. The van der Waals surface area contributed by atoms with Crippen LogP contribution in [0.2, 0.25) is 0 Å². The number of rotatable bonds is 4. The molecule has 1 aromatic rings. The van der Waals surface area contributed by atoms with Crippen molar-refractivity contribution >= 4 is 11.3 Å². The Morgan fingerprint density at radius 1 is 1.44 bits per heavy atom. The lowest BCUT2D eigenvalue weighted by molar-refractivity contribution is 0.218. The quantitative estimate of drug-likeness (QED) is 0.842. The van der Waals surface area contributed by atoms with Crippen LogP contribution < -0.4 is 5.73 Å². The fourth-order valence-electron chi connectivity index (χ4n) is 2.74. The van der Waals surface area contributed by atoms with Crippen LogP contribution in [-0.4, -0.2) is 5.54 Å². The third kappa shape index (κ3) is 3.08. The number of hydrogen-bond acceptors (Lipinski definition) is 2. The lowest BCUT2D eigenvalue weighted by Crippen LogP contribution is -2.43. The van der Waals surface area contributed by atoms with Gasteiger partial charge in [0.1, 0.15) is 0 Å². The lowest BCUT2D eigenvalue weighted by Gasteiger charge is -2.37. The standard InChI is InChI=1S/C14H23NS/c1-2-12-5-8-14(15,9-6-12)10-7-13-4-3-11-16-13/h3-4,11-12H,2,5-10,15H2,1H3. The molecule has 0 spiro atoms. The highest BCUT2D eigenvalue weighted by Gasteiger charge is 2.30. The van der Waals surface area contributed by atoms with Crippen LogP contribution >= 0.6 is 11.3 Å². The molecule has 0 aliphatic heterocycles. The van der Waals surface area contributed by atoms with E-state index in [-0.39, 0.29) is 5.54 Å². The topological polar surface area (TPSA) is 26.0 Å². The van der Waals surface area contributed by atoms with Crippen LogP contribution in [-0.2, 0) is 6.42 Å². The number of nitrogens with two attached hydrogens (primary N) is 1. The summed E-state index contributed by atoms with van der Waals surface area (Å²) in [5.41, 5.74) is 6.63. The Morgan fingerprint density at radius 3 is 2.75 bits per heavy atom. The van der Waals surface area contributed by atoms with Crippen molar-refractivity contribution in [1.82, 2.24) is 0 Å². The summed E-state index contributed by atoms with van der Waals surface area (Å²) in [6, 6.07) is 4.36. The maximum Gasteiger partial charge on any atom is 0.0158 e. The van der Waals surface area contributed by atoms with E-state index >= 15 is 0 Å². The number of aryl methyl sites for hydroxylation is 1. The minimum absolute atomic E-state index is 0.135. The van der Waals surface area contributed by atoms with E-state index in [1.54, 1.807) is 0 Å². The molecule has 0 unspecified atom stereocenters. The molecule has 2 heteroatoms. The molecule has 1 nitrogen and oxygen atoms in total. The van der Waals surface area contributed by atoms with E-state index in [0.717, 1.165) is 5.92 Å². The molecule has 90 valence electrons. The highest BCUT2D eigenvalue weighted by molar-refractivity contribution is 7.09. The molecule has 0 saturated heterocycles. The van der Waals surface area contributed by atoms with Gasteiger partial charge in [-0.3, -0.25) is 0 Å². The van der Waals surface area contributed by atoms with E-state index in [2.05, 4.69) is 24.4 Å². The molecule has 1 heterocycles. The molecule has 0 bridgehead atoms. The molecule has 0 atom stereocenters. The Bertz CT molecular complexity index is 297. The maximum atomic E-state index is 6.50. The van der Waals surface area contributed by atoms with Gasteiger partial charge in [-0.25, -0.2) is 0 Å². The van der Waals surface area contributed by atoms with E-state index in [0.29, 0.717) is 0 Å².